The van der Waals surface area contributed by atoms with E-state index in [1.54, 1.807) is 27.4 Å². The lowest BCUT2D eigenvalue weighted by Crippen LogP contribution is -2.46. The van der Waals surface area contributed by atoms with E-state index in [4.69, 9.17) is 18.6 Å². The second-order valence-corrected chi connectivity index (χ2v) is 7.44. The fraction of sp³-hybridized carbons (Fsp3) is 0.280. The number of aromatic nitrogens is 1. The van der Waals surface area contributed by atoms with Crippen molar-refractivity contribution in [3.8, 4) is 23.3 Å². The molecule has 1 fully saturated rings. The maximum absolute atomic E-state index is 9.58. The van der Waals surface area contributed by atoms with Crippen molar-refractivity contribution < 1.29 is 18.6 Å². The van der Waals surface area contributed by atoms with Crippen molar-refractivity contribution in [2.24, 2.45) is 0 Å². The van der Waals surface area contributed by atoms with Gasteiger partial charge in [-0.05, 0) is 48.0 Å². The number of rotatable bonds is 7. The number of nitriles is 1. The molecular formula is C25H26N4O4. The molecule has 0 N–H and O–H groups in total. The molecular weight excluding hydrogens is 420 g/mol. The Balaban J connectivity index is 1.45. The van der Waals surface area contributed by atoms with Gasteiger partial charge in [0.05, 0.1) is 21.3 Å². The van der Waals surface area contributed by atoms with Gasteiger partial charge in [0.25, 0.3) is 0 Å². The van der Waals surface area contributed by atoms with Gasteiger partial charge in [-0.1, -0.05) is 6.07 Å². The van der Waals surface area contributed by atoms with Crippen molar-refractivity contribution in [3.63, 3.8) is 0 Å². The summed E-state index contributed by atoms with van der Waals surface area (Å²) in [6, 6.07) is 15.8. The Morgan fingerprint density at radius 2 is 1.58 bits per heavy atom. The molecule has 1 saturated heterocycles. The molecule has 1 aromatic heterocycles. The van der Waals surface area contributed by atoms with Gasteiger partial charge >= 0.3 is 0 Å². The predicted molar refractivity (Wildman–Crippen MR) is 127 cm³/mol. The number of benzene rings is 2. The molecule has 0 unspecified atom stereocenters. The molecule has 8 nitrogen and oxygen atoms in total. The first kappa shape index (κ1) is 22.1. The third-order valence-corrected chi connectivity index (χ3v) is 5.56. The van der Waals surface area contributed by atoms with Crippen molar-refractivity contribution in [3.05, 3.63) is 59.6 Å². The lowest BCUT2D eigenvalue weighted by molar-refractivity contribution is 0.355. The number of oxazole rings is 1. The summed E-state index contributed by atoms with van der Waals surface area (Å²) in [7, 11) is 4.86. The Labute approximate surface area is 193 Å². The first-order valence-corrected chi connectivity index (χ1v) is 10.6. The van der Waals surface area contributed by atoms with Gasteiger partial charge in [-0.25, -0.2) is 0 Å². The van der Waals surface area contributed by atoms with Crippen LogP contribution in [0, 0.1) is 11.3 Å². The Morgan fingerprint density at radius 3 is 2.21 bits per heavy atom. The Bertz CT molecular complexity index is 1160. The zero-order valence-electron chi connectivity index (χ0n) is 18.9. The zero-order valence-corrected chi connectivity index (χ0v) is 18.9. The quantitative estimate of drug-likeness (QED) is 0.537. The highest BCUT2D eigenvalue weighted by Crippen LogP contribution is 2.29. The molecule has 0 radical (unpaired) electrons. The van der Waals surface area contributed by atoms with Crippen molar-refractivity contribution in [1.82, 2.24) is 4.98 Å². The van der Waals surface area contributed by atoms with Crippen molar-refractivity contribution in [2.75, 3.05) is 57.3 Å². The predicted octanol–water partition coefficient (Wildman–Crippen LogP) is 4.07. The summed E-state index contributed by atoms with van der Waals surface area (Å²) in [5, 5.41) is 9.58. The number of methoxy groups -OCH3 is 3. The molecule has 8 heteroatoms. The number of piperazine rings is 1. The standard InChI is InChI=1S/C25H26N4O4/c1-30-20-8-6-19(7-9-20)28-12-14-29(15-13-28)25-21(17-26)27-24(33-25)11-5-18-4-10-22(31-2)23(16-18)32-3/h4-11,16H,12-15H2,1-3H3/b11-5+. The molecule has 33 heavy (non-hydrogen) atoms. The summed E-state index contributed by atoms with van der Waals surface area (Å²) in [6.07, 6.45) is 3.61. The number of hydrogen-bond donors (Lipinski definition) is 0. The number of nitrogens with zero attached hydrogens (tertiary/aromatic N) is 4. The number of anilines is 2. The van der Waals surface area contributed by atoms with Gasteiger partial charge in [0.15, 0.2) is 11.5 Å². The van der Waals surface area contributed by atoms with Crippen LogP contribution in [0.3, 0.4) is 0 Å². The van der Waals surface area contributed by atoms with E-state index in [1.165, 1.54) is 0 Å². The van der Waals surface area contributed by atoms with Crippen LogP contribution < -0.4 is 24.0 Å². The Morgan fingerprint density at radius 1 is 0.879 bits per heavy atom. The van der Waals surface area contributed by atoms with Gasteiger partial charge in [0.2, 0.25) is 17.5 Å². The van der Waals surface area contributed by atoms with E-state index in [-0.39, 0.29) is 0 Å². The minimum absolute atomic E-state index is 0.292. The topological polar surface area (TPSA) is 84.0 Å². The molecule has 1 aliphatic rings. The summed E-state index contributed by atoms with van der Waals surface area (Å²) in [6.45, 7) is 3.09. The van der Waals surface area contributed by atoms with Gasteiger partial charge in [-0.3, -0.25) is 0 Å². The normalized spacial score (nSPS) is 13.8. The molecule has 2 aromatic carbocycles. The van der Waals surface area contributed by atoms with E-state index in [0.29, 0.717) is 29.0 Å². The van der Waals surface area contributed by atoms with Crippen LogP contribution in [0.15, 0.2) is 46.9 Å². The second kappa shape index (κ2) is 10.0. The second-order valence-electron chi connectivity index (χ2n) is 7.44. The van der Waals surface area contributed by atoms with E-state index in [2.05, 4.69) is 33.0 Å². The average Bonchev–Trinajstić information content (AvgIpc) is 3.30. The van der Waals surface area contributed by atoms with Gasteiger partial charge in [0.1, 0.15) is 11.8 Å². The van der Waals surface area contributed by atoms with Gasteiger partial charge in [-0.2, -0.15) is 10.2 Å². The summed E-state index contributed by atoms with van der Waals surface area (Å²) in [4.78, 5) is 8.72. The maximum atomic E-state index is 9.58. The third kappa shape index (κ3) is 4.88. The lowest BCUT2D eigenvalue weighted by Gasteiger charge is -2.35. The molecule has 0 saturated carbocycles. The van der Waals surface area contributed by atoms with Crippen molar-refractivity contribution in [2.45, 2.75) is 0 Å². The molecule has 0 bridgehead atoms. The minimum Gasteiger partial charge on any atom is -0.497 e. The van der Waals surface area contributed by atoms with Crippen LogP contribution in [0.2, 0.25) is 0 Å². The first-order valence-electron chi connectivity index (χ1n) is 10.6. The monoisotopic (exact) mass is 446 g/mol. The van der Waals surface area contributed by atoms with E-state index in [9.17, 15) is 5.26 Å². The highest BCUT2D eigenvalue weighted by atomic mass is 16.5. The summed E-state index contributed by atoms with van der Waals surface area (Å²) >= 11 is 0. The number of hydrogen-bond acceptors (Lipinski definition) is 8. The highest BCUT2D eigenvalue weighted by molar-refractivity contribution is 5.69. The Kier molecular flexibility index (Phi) is 6.69. The molecule has 0 aliphatic carbocycles. The summed E-state index contributed by atoms with van der Waals surface area (Å²) in [5.41, 5.74) is 2.34. The first-order chi connectivity index (χ1) is 16.1. The molecule has 1 aliphatic heterocycles. The minimum atomic E-state index is 0.292. The van der Waals surface area contributed by atoms with Crippen molar-refractivity contribution >= 4 is 23.7 Å². The summed E-state index contributed by atoms with van der Waals surface area (Å²) in [5.74, 6) is 3.04. The number of ether oxygens (including phenoxy) is 3. The van der Waals surface area contributed by atoms with Crippen LogP contribution in [-0.2, 0) is 0 Å². The zero-order chi connectivity index (χ0) is 23.2. The molecule has 0 spiro atoms. The van der Waals surface area contributed by atoms with Gasteiger partial charge in [-0.15, -0.1) is 0 Å². The van der Waals surface area contributed by atoms with Crippen LogP contribution in [-0.4, -0.2) is 52.5 Å². The lowest BCUT2D eigenvalue weighted by atomic mass is 10.2. The van der Waals surface area contributed by atoms with E-state index >= 15 is 0 Å². The molecule has 4 rings (SSSR count). The SMILES string of the molecule is COc1ccc(N2CCN(c3oc(/C=C/c4ccc(OC)c(OC)c4)nc3C#N)CC2)cc1. The van der Waals surface area contributed by atoms with Crippen LogP contribution in [0.5, 0.6) is 17.2 Å². The summed E-state index contributed by atoms with van der Waals surface area (Å²) < 4.78 is 21.8. The smallest absolute Gasteiger partial charge is 0.235 e. The van der Waals surface area contributed by atoms with Gasteiger partial charge < -0.3 is 28.4 Å². The van der Waals surface area contributed by atoms with Crippen LogP contribution in [0.25, 0.3) is 12.2 Å². The van der Waals surface area contributed by atoms with Gasteiger partial charge in [0, 0.05) is 37.9 Å². The van der Waals surface area contributed by atoms with E-state index in [1.807, 2.05) is 36.4 Å². The highest BCUT2D eigenvalue weighted by Gasteiger charge is 2.24. The average molecular weight is 447 g/mol. The van der Waals surface area contributed by atoms with E-state index < -0.39 is 0 Å². The molecule has 2 heterocycles. The maximum Gasteiger partial charge on any atom is 0.235 e. The van der Waals surface area contributed by atoms with Crippen molar-refractivity contribution in [1.29, 1.82) is 5.26 Å². The fourth-order valence-corrected chi connectivity index (χ4v) is 3.77. The molecule has 170 valence electrons. The fourth-order valence-electron chi connectivity index (χ4n) is 3.77. The third-order valence-electron chi connectivity index (χ3n) is 5.56. The van der Waals surface area contributed by atoms with E-state index in [0.717, 1.165) is 43.2 Å². The molecule has 0 amide bonds. The van der Waals surface area contributed by atoms with Crippen LogP contribution in [0.1, 0.15) is 17.1 Å². The molecule has 3 aromatic rings. The largest absolute Gasteiger partial charge is 0.497 e. The molecule has 0 atom stereocenters. The van der Waals surface area contributed by atoms with Crippen LogP contribution in [0.4, 0.5) is 11.6 Å². The van der Waals surface area contributed by atoms with Crippen LogP contribution >= 0.6 is 0 Å². The Hall–Kier alpha value is -4.12.